The number of fused-ring (bicyclic) bond motifs is 1. The molecule has 0 unspecified atom stereocenters. The number of hydrogen-bond acceptors (Lipinski definition) is 3. The standard InChI is InChI=1S/C15H24N4/c1-15(2,3)11-13-17-12-7-6-8-16-14(12)19(13)10-9-18(4)5/h6-8H,9-11H2,1-5H3. The highest BCUT2D eigenvalue weighted by molar-refractivity contribution is 5.71. The molecule has 2 aromatic rings. The average molecular weight is 260 g/mol. The van der Waals surface area contributed by atoms with Gasteiger partial charge in [-0.25, -0.2) is 9.97 Å². The van der Waals surface area contributed by atoms with Gasteiger partial charge in [0.2, 0.25) is 0 Å². The highest BCUT2D eigenvalue weighted by Gasteiger charge is 2.18. The topological polar surface area (TPSA) is 34.0 Å². The van der Waals surface area contributed by atoms with Crippen molar-refractivity contribution < 1.29 is 0 Å². The van der Waals surface area contributed by atoms with Crippen LogP contribution in [0.25, 0.3) is 11.2 Å². The Kier molecular flexibility index (Phi) is 3.90. The van der Waals surface area contributed by atoms with Crippen LogP contribution >= 0.6 is 0 Å². The van der Waals surface area contributed by atoms with Crippen LogP contribution in [0.3, 0.4) is 0 Å². The molecule has 0 radical (unpaired) electrons. The van der Waals surface area contributed by atoms with E-state index < -0.39 is 0 Å². The van der Waals surface area contributed by atoms with Gasteiger partial charge in [0.05, 0.1) is 0 Å². The van der Waals surface area contributed by atoms with Crippen molar-refractivity contribution in [3.8, 4) is 0 Å². The van der Waals surface area contributed by atoms with E-state index in [4.69, 9.17) is 4.98 Å². The van der Waals surface area contributed by atoms with Gasteiger partial charge in [-0.3, -0.25) is 0 Å². The molecule has 19 heavy (non-hydrogen) atoms. The Balaban J connectivity index is 2.40. The molecule has 0 atom stereocenters. The summed E-state index contributed by atoms with van der Waals surface area (Å²) in [5.74, 6) is 1.14. The minimum Gasteiger partial charge on any atom is -0.311 e. The van der Waals surface area contributed by atoms with E-state index in [1.165, 1.54) is 0 Å². The summed E-state index contributed by atoms with van der Waals surface area (Å²) >= 11 is 0. The molecule has 2 rings (SSSR count). The SMILES string of the molecule is CN(C)CCn1c(CC(C)(C)C)nc2cccnc21. The fraction of sp³-hybridized carbons (Fsp3) is 0.600. The largest absolute Gasteiger partial charge is 0.311 e. The Hall–Kier alpha value is -1.42. The minimum atomic E-state index is 0.233. The second-order valence-electron chi connectivity index (χ2n) is 6.57. The average Bonchev–Trinajstić information content (AvgIpc) is 2.61. The van der Waals surface area contributed by atoms with Crippen LogP contribution in [-0.4, -0.2) is 40.1 Å². The predicted octanol–water partition coefficient (Wildman–Crippen LogP) is 2.58. The van der Waals surface area contributed by atoms with Gasteiger partial charge >= 0.3 is 0 Å². The van der Waals surface area contributed by atoms with E-state index in [9.17, 15) is 0 Å². The Labute approximate surface area is 115 Å². The summed E-state index contributed by atoms with van der Waals surface area (Å²) in [5.41, 5.74) is 2.24. The smallest absolute Gasteiger partial charge is 0.160 e. The fourth-order valence-corrected chi connectivity index (χ4v) is 2.15. The Morgan fingerprint density at radius 1 is 1.26 bits per heavy atom. The van der Waals surface area contributed by atoms with Crippen LogP contribution in [0.15, 0.2) is 18.3 Å². The summed E-state index contributed by atoms with van der Waals surface area (Å²) in [6.07, 6.45) is 2.81. The third-order valence-electron chi connectivity index (χ3n) is 3.04. The number of imidazole rings is 1. The van der Waals surface area contributed by atoms with Crippen molar-refractivity contribution in [2.75, 3.05) is 20.6 Å². The molecule has 2 aromatic heterocycles. The van der Waals surface area contributed by atoms with Crippen LogP contribution in [0.1, 0.15) is 26.6 Å². The van der Waals surface area contributed by atoms with Crippen molar-refractivity contribution in [2.45, 2.75) is 33.7 Å². The maximum absolute atomic E-state index is 4.76. The molecule has 0 aliphatic heterocycles. The molecule has 0 saturated heterocycles. The second kappa shape index (κ2) is 5.29. The van der Waals surface area contributed by atoms with Gasteiger partial charge in [-0.15, -0.1) is 0 Å². The summed E-state index contributed by atoms with van der Waals surface area (Å²) in [5, 5.41) is 0. The fourth-order valence-electron chi connectivity index (χ4n) is 2.15. The van der Waals surface area contributed by atoms with Crippen LogP contribution < -0.4 is 0 Å². The monoisotopic (exact) mass is 260 g/mol. The normalized spacial score (nSPS) is 12.5. The molecule has 0 aliphatic rings. The lowest BCUT2D eigenvalue weighted by Crippen LogP contribution is -2.21. The predicted molar refractivity (Wildman–Crippen MR) is 79.2 cm³/mol. The molecule has 0 bridgehead atoms. The first-order chi connectivity index (χ1) is 8.87. The maximum Gasteiger partial charge on any atom is 0.160 e. The number of hydrogen-bond donors (Lipinski definition) is 0. The Morgan fingerprint density at radius 2 is 2.00 bits per heavy atom. The summed E-state index contributed by atoms with van der Waals surface area (Å²) in [4.78, 5) is 11.4. The zero-order chi connectivity index (χ0) is 14.0. The lowest BCUT2D eigenvalue weighted by molar-refractivity contribution is 0.364. The van der Waals surface area contributed by atoms with Crippen molar-refractivity contribution in [3.05, 3.63) is 24.2 Å². The quantitative estimate of drug-likeness (QED) is 0.847. The van der Waals surface area contributed by atoms with Crippen molar-refractivity contribution in [3.63, 3.8) is 0 Å². The molecule has 0 fully saturated rings. The van der Waals surface area contributed by atoms with Crippen molar-refractivity contribution in [1.82, 2.24) is 19.4 Å². The lowest BCUT2D eigenvalue weighted by Gasteiger charge is -2.19. The van der Waals surface area contributed by atoms with Gasteiger partial charge < -0.3 is 9.47 Å². The van der Waals surface area contributed by atoms with E-state index in [-0.39, 0.29) is 5.41 Å². The number of pyridine rings is 1. The van der Waals surface area contributed by atoms with Gasteiger partial charge in [0.15, 0.2) is 5.65 Å². The van der Waals surface area contributed by atoms with Crippen LogP contribution in [0.4, 0.5) is 0 Å². The summed E-state index contributed by atoms with van der Waals surface area (Å²) in [7, 11) is 4.19. The highest BCUT2D eigenvalue weighted by atomic mass is 15.2. The van der Waals surface area contributed by atoms with Crippen LogP contribution in [0.2, 0.25) is 0 Å². The van der Waals surface area contributed by atoms with E-state index >= 15 is 0 Å². The Bertz CT molecular complexity index is 549. The van der Waals surface area contributed by atoms with E-state index in [1.807, 2.05) is 18.3 Å². The molecule has 4 heteroatoms. The molecule has 0 saturated carbocycles. The number of aromatic nitrogens is 3. The molecule has 4 nitrogen and oxygen atoms in total. The van der Waals surface area contributed by atoms with E-state index in [2.05, 4.69) is 49.3 Å². The van der Waals surface area contributed by atoms with Gasteiger partial charge in [-0.05, 0) is 31.6 Å². The first-order valence-corrected chi connectivity index (χ1v) is 6.82. The number of likely N-dealkylation sites (N-methyl/N-ethyl adjacent to an activating group) is 1. The lowest BCUT2D eigenvalue weighted by atomic mass is 9.92. The van der Waals surface area contributed by atoms with Crippen LogP contribution in [0.5, 0.6) is 0 Å². The highest BCUT2D eigenvalue weighted by Crippen LogP contribution is 2.23. The van der Waals surface area contributed by atoms with Crippen molar-refractivity contribution in [2.24, 2.45) is 5.41 Å². The Morgan fingerprint density at radius 3 is 2.63 bits per heavy atom. The molecule has 104 valence electrons. The van der Waals surface area contributed by atoms with Gasteiger partial charge in [0, 0.05) is 25.7 Å². The maximum atomic E-state index is 4.76. The van der Waals surface area contributed by atoms with Gasteiger partial charge in [-0.1, -0.05) is 20.8 Å². The first-order valence-electron chi connectivity index (χ1n) is 6.82. The second-order valence-corrected chi connectivity index (χ2v) is 6.57. The molecule has 0 N–H and O–H groups in total. The molecular weight excluding hydrogens is 236 g/mol. The zero-order valence-electron chi connectivity index (χ0n) is 12.6. The third-order valence-corrected chi connectivity index (χ3v) is 3.04. The minimum absolute atomic E-state index is 0.233. The van der Waals surface area contributed by atoms with Gasteiger partial charge in [0.1, 0.15) is 11.3 Å². The first kappa shape index (κ1) is 14.0. The molecule has 0 aliphatic carbocycles. The molecular formula is C15H24N4. The molecule has 0 spiro atoms. The van der Waals surface area contributed by atoms with Crippen LogP contribution in [0, 0.1) is 5.41 Å². The third kappa shape index (κ3) is 3.53. The summed E-state index contributed by atoms with van der Waals surface area (Å²) in [6, 6.07) is 3.99. The van der Waals surface area contributed by atoms with Crippen molar-refractivity contribution >= 4 is 11.2 Å². The van der Waals surface area contributed by atoms with Crippen LogP contribution in [-0.2, 0) is 13.0 Å². The summed E-state index contributed by atoms with van der Waals surface area (Å²) in [6.45, 7) is 8.67. The number of rotatable bonds is 4. The molecule has 2 heterocycles. The summed E-state index contributed by atoms with van der Waals surface area (Å²) < 4.78 is 2.26. The van der Waals surface area contributed by atoms with E-state index in [0.717, 1.165) is 36.5 Å². The van der Waals surface area contributed by atoms with Gasteiger partial charge in [0.25, 0.3) is 0 Å². The molecule has 0 amide bonds. The zero-order valence-corrected chi connectivity index (χ0v) is 12.6. The van der Waals surface area contributed by atoms with Crippen molar-refractivity contribution in [1.29, 1.82) is 0 Å². The number of nitrogens with zero attached hydrogens (tertiary/aromatic N) is 4. The van der Waals surface area contributed by atoms with E-state index in [0.29, 0.717) is 0 Å². The van der Waals surface area contributed by atoms with E-state index in [1.54, 1.807) is 0 Å². The molecule has 0 aromatic carbocycles. The van der Waals surface area contributed by atoms with Gasteiger partial charge in [-0.2, -0.15) is 0 Å².